The molecule has 0 aromatic rings. The number of amides is 20. The molecule has 0 radical (unpaired) electrons. The molecule has 0 aromatic heterocycles. The summed E-state index contributed by atoms with van der Waals surface area (Å²) >= 11 is 0. The molecule has 20 amide bonds. The van der Waals surface area contributed by atoms with E-state index < -0.39 is 237 Å². The van der Waals surface area contributed by atoms with Gasteiger partial charge in [0.15, 0.2) is 0 Å². The van der Waals surface area contributed by atoms with Gasteiger partial charge in [0.25, 0.3) is 0 Å². The lowest BCUT2D eigenvalue weighted by Crippen LogP contribution is -2.66. The van der Waals surface area contributed by atoms with Crippen molar-refractivity contribution in [3.63, 3.8) is 0 Å². The second-order valence-electron chi connectivity index (χ2n) is 34.6. The summed E-state index contributed by atoms with van der Waals surface area (Å²) in [6.07, 6.45) is -0.291. The van der Waals surface area contributed by atoms with Crippen LogP contribution in [0.3, 0.4) is 0 Å². The fourth-order valence-electron chi connectivity index (χ4n) is 11.6. The predicted molar refractivity (Wildman–Crippen MR) is 430 cm³/mol. The summed E-state index contributed by atoms with van der Waals surface area (Å²) in [6, 6.07) is -13.1. The highest BCUT2D eigenvalue weighted by Crippen LogP contribution is 2.24. The first-order chi connectivity index (χ1) is 53.8. The average molecular weight is 1670 g/mol. The molecule has 11 atom stereocenters. The molecule has 21 N–H and O–H groups in total. The normalized spacial score (nSPS) is 16.0. The smallest absolute Gasteiger partial charge is 0.248 e. The first-order valence-corrected chi connectivity index (χ1v) is 39.4. The molecule has 0 spiro atoms. The van der Waals surface area contributed by atoms with Crippen molar-refractivity contribution >= 4 is 124 Å². The van der Waals surface area contributed by atoms with Crippen LogP contribution >= 0.6 is 0 Å². The van der Waals surface area contributed by atoms with Crippen LogP contribution in [0.5, 0.6) is 0 Å². The van der Waals surface area contributed by atoms with E-state index in [1.54, 1.807) is 48.5 Å². The van der Waals surface area contributed by atoms with Crippen molar-refractivity contribution in [3.05, 3.63) is 0 Å². The van der Waals surface area contributed by atoms with Gasteiger partial charge in [-0.1, -0.05) is 48.5 Å². The standard InChI is InChI=1S/C77H132N20O21/c1-26-77(25,69(117)88-47(30-32-53(79)101)60(108)86-50(37-98)40(6)7)96-68(116)75(21,22)95-61(109)48(34-38(2)3)85-63(111)51-28-27-33-97(51)70(118)76(23,24)93-58(106)43(10)82-55(103)41(8)81-56(104)42(9)84-65(113)73(17,18)92-57(105)44(11)83-59(107)46(29-31-52(78)100)87-67(115)74(19,20)94-62(110)49(35-39(4)5)89-66(114)72(15,16)91-54(102)36-80-64(112)71(13,14)90-45(12)99/h37-44,46-51H,26-36H2,1-25H3,(H2,78,100)(H2,79,101)(H,80,112)(H,81,104)(H,82,103)(H,83,107)(H,84,113)(H,85,111)(H,86,108)(H,87,115)(H,88,117)(H,89,114)(H,90,99)(H,91,102)(H,92,105)(H,93,106)(H,94,110)(H,95,109)(H,96,116). The van der Waals surface area contributed by atoms with Gasteiger partial charge >= 0.3 is 0 Å². The van der Waals surface area contributed by atoms with Crippen molar-refractivity contribution in [2.45, 2.75) is 330 Å². The van der Waals surface area contributed by atoms with Crippen LogP contribution < -0.4 is 102 Å². The van der Waals surface area contributed by atoms with Crippen LogP contribution in [0.2, 0.25) is 0 Å². The lowest BCUT2D eigenvalue weighted by Gasteiger charge is -2.36. The van der Waals surface area contributed by atoms with Gasteiger partial charge in [-0.05, 0) is 180 Å². The number of nitrogens with zero attached hydrogens (tertiary/aromatic N) is 1. The Bertz CT molecular complexity index is 3740. The lowest BCUT2D eigenvalue weighted by atomic mass is 9.93. The fraction of sp³-hybridized carbons (Fsp3) is 0.727. The quantitative estimate of drug-likeness (QED) is 0.0256. The topological polar surface area (TPSA) is 618 Å². The van der Waals surface area contributed by atoms with E-state index in [2.05, 4.69) is 90.4 Å². The van der Waals surface area contributed by atoms with Gasteiger partial charge < -0.3 is 112 Å². The van der Waals surface area contributed by atoms with Gasteiger partial charge in [0.2, 0.25) is 118 Å². The summed E-state index contributed by atoms with van der Waals surface area (Å²) in [5.74, 6) is -17.1. The number of likely N-dealkylation sites (tertiary alicyclic amines) is 1. The summed E-state index contributed by atoms with van der Waals surface area (Å²) in [5.41, 5.74) is -1.14. The van der Waals surface area contributed by atoms with E-state index in [-0.39, 0.29) is 62.8 Å². The number of aldehydes is 1. The van der Waals surface area contributed by atoms with Gasteiger partial charge in [-0.15, -0.1) is 0 Å². The molecule has 0 aliphatic carbocycles. The Morgan fingerprint density at radius 3 is 1.19 bits per heavy atom. The van der Waals surface area contributed by atoms with Gasteiger partial charge in [0.05, 0.1) is 12.6 Å². The molecule has 1 aliphatic rings. The van der Waals surface area contributed by atoms with Crippen molar-refractivity contribution in [2.24, 2.45) is 29.2 Å². The molecule has 1 rings (SSSR count). The Balaban J connectivity index is 3.09. The maximum atomic E-state index is 14.3. The second-order valence-corrected chi connectivity index (χ2v) is 34.6. The van der Waals surface area contributed by atoms with E-state index in [0.717, 1.165) is 0 Å². The maximum absolute atomic E-state index is 14.3. The number of nitrogens with one attached hydrogen (secondary N) is 17. The summed E-state index contributed by atoms with van der Waals surface area (Å²) in [7, 11) is 0. The first kappa shape index (κ1) is 105. The molecule has 1 fully saturated rings. The summed E-state index contributed by atoms with van der Waals surface area (Å²) < 4.78 is 0. The van der Waals surface area contributed by atoms with E-state index in [1.807, 2.05) is 0 Å². The molecular weight excluding hydrogens is 1540 g/mol. The summed E-state index contributed by atoms with van der Waals surface area (Å²) in [5, 5.41) is 42.8. The Hall–Kier alpha value is -10.9. The SMILES string of the molecule is CCC(C)(NC(=O)C(C)(C)NC(=O)C(CC(C)C)NC(=O)C1CCCN1C(=O)C(C)(C)NC(=O)C(C)NC(=O)C(C)NC(=O)C(C)NC(=O)C(C)(C)NC(=O)C(C)NC(=O)C(CCC(N)=O)NC(=O)C(C)(C)NC(=O)C(CC(C)C)NC(=O)C(C)(C)NC(=O)CNC(=O)C(C)(C)NC(C)=O)C(=O)NC(CCC(N)=O)C(=O)NC(C=O)C(C)C. The molecule has 0 saturated carbocycles. The van der Waals surface area contributed by atoms with Crippen LogP contribution in [0, 0.1) is 17.8 Å². The molecule has 1 heterocycles. The Labute approximate surface area is 690 Å². The molecule has 666 valence electrons. The number of hydrogen-bond acceptors (Lipinski definition) is 21. The molecule has 118 heavy (non-hydrogen) atoms. The van der Waals surface area contributed by atoms with E-state index in [1.165, 1.54) is 130 Å². The number of nitrogens with two attached hydrogens (primary N) is 2. The Kier molecular flexibility index (Phi) is 39.7. The highest BCUT2D eigenvalue weighted by molar-refractivity contribution is 6.04. The molecule has 41 nitrogen and oxygen atoms in total. The molecule has 41 heteroatoms. The van der Waals surface area contributed by atoms with Crippen molar-refractivity contribution in [1.29, 1.82) is 0 Å². The van der Waals surface area contributed by atoms with Crippen molar-refractivity contribution in [3.8, 4) is 0 Å². The third-order valence-corrected chi connectivity index (χ3v) is 19.3. The third kappa shape index (κ3) is 33.6. The molecule has 1 aliphatic heterocycles. The minimum absolute atomic E-state index is 0.0300. The van der Waals surface area contributed by atoms with E-state index in [0.29, 0.717) is 12.7 Å². The number of rotatable bonds is 47. The predicted octanol–water partition coefficient (Wildman–Crippen LogP) is -4.31. The van der Waals surface area contributed by atoms with Crippen LogP contribution in [-0.2, 0) is 101 Å². The summed E-state index contributed by atoms with van der Waals surface area (Å²) in [4.78, 5) is 281. The van der Waals surface area contributed by atoms with Crippen molar-refractivity contribution in [2.75, 3.05) is 13.1 Å². The second kappa shape index (κ2) is 44.6. The number of carbonyl (C=O) groups excluding carboxylic acids is 21. The van der Waals surface area contributed by atoms with Gasteiger partial charge in [0, 0.05) is 26.3 Å². The number of primary amides is 2. The van der Waals surface area contributed by atoms with Gasteiger partial charge in [-0.2, -0.15) is 0 Å². The van der Waals surface area contributed by atoms with Gasteiger partial charge in [-0.3, -0.25) is 95.9 Å². The van der Waals surface area contributed by atoms with E-state index in [4.69, 9.17) is 11.5 Å². The highest BCUT2D eigenvalue weighted by atomic mass is 16.2. The van der Waals surface area contributed by atoms with Crippen LogP contribution in [0.4, 0.5) is 0 Å². The van der Waals surface area contributed by atoms with E-state index >= 15 is 0 Å². The Morgan fingerprint density at radius 2 is 0.763 bits per heavy atom. The van der Waals surface area contributed by atoms with Crippen LogP contribution in [0.15, 0.2) is 0 Å². The van der Waals surface area contributed by atoms with Crippen molar-refractivity contribution < 1.29 is 101 Å². The largest absolute Gasteiger partial charge is 0.370 e. The number of carbonyl (C=O) groups is 21. The zero-order valence-electron chi connectivity index (χ0n) is 73.0. The minimum Gasteiger partial charge on any atom is -0.370 e. The van der Waals surface area contributed by atoms with Crippen molar-refractivity contribution in [1.82, 2.24) is 95.3 Å². The molecular formula is C77H132N20O21. The number of hydrogen-bond donors (Lipinski definition) is 19. The maximum Gasteiger partial charge on any atom is 0.248 e. The monoisotopic (exact) mass is 1670 g/mol. The lowest BCUT2D eigenvalue weighted by molar-refractivity contribution is -0.145. The Morgan fingerprint density at radius 1 is 0.398 bits per heavy atom. The first-order valence-electron chi connectivity index (χ1n) is 39.4. The molecule has 1 saturated heterocycles. The van der Waals surface area contributed by atoms with Crippen LogP contribution in [-0.4, -0.2) is 242 Å². The van der Waals surface area contributed by atoms with Gasteiger partial charge in [0.1, 0.15) is 99.4 Å². The van der Waals surface area contributed by atoms with Crippen LogP contribution in [0.25, 0.3) is 0 Å². The molecule has 11 unspecified atom stereocenters. The summed E-state index contributed by atoms with van der Waals surface area (Å²) in [6.45, 7) is 35.3. The zero-order chi connectivity index (χ0) is 91.6. The zero-order valence-corrected chi connectivity index (χ0v) is 73.0. The van der Waals surface area contributed by atoms with E-state index in [9.17, 15) is 101 Å². The fourth-order valence-corrected chi connectivity index (χ4v) is 11.6. The molecule has 0 aromatic carbocycles. The third-order valence-electron chi connectivity index (χ3n) is 19.3. The highest BCUT2D eigenvalue weighted by Gasteiger charge is 2.47. The molecule has 0 bridgehead atoms. The van der Waals surface area contributed by atoms with Crippen LogP contribution in [0.1, 0.15) is 231 Å². The van der Waals surface area contributed by atoms with Gasteiger partial charge in [-0.25, -0.2) is 0 Å². The average Bonchev–Trinajstić information content (AvgIpc) is 1.56. The minimum atomic E-state index is -1.84.